The second-order valence-electron chi connectivity index (χ2n) is 13.7. The minimum Gasteiger partial charge on any atom is -0.508 e. The molecule has 59 heavy (non-hydrogen) atoms. The highest BCUT2D eigenvalue weighted by atomic mass is 79.9. The van der Waals surface area contributed by atoms with Crippen molar-refractivity contribution in [2.75, 3.05) is 13.2 Å². The van der Waals surface area contributed by atoms with Crippen LogP contribution in [-0.4, -0.2) is 23.4 Å². The molecule has 0 radical (unpaired) electrons. The van der Waals surface area contributed by atoms with E-state index in [2.05, 4.69) is 45.7 Å². The van der Waals surface area contributed by atoms with E-state index in [-0.39, 0.29) is 17.1 Å². The Morgan fingerprint density at radius 1 is 0.441 bits per heavy atom. The highest BCUT2D eigenvalue weighted by Crippen LogP contribution is 2.31. The van der Waals surface area contributed by atoms with Gasteiger partial charge in [-0.05, 0) is 102 Å². The van der Waals surface area contributed by atoms with Crippen LogP contribution in [0.5, 0.6) is 23.0 Å². The van der Waals surface area contributed by atoms with Crippen molar-refractivity contribution < 1.29 is 32.9 Å². The molecule has 3 heterocycles. The predicted molar refractivity (Wildman–Crippen MR) is 240 cm³/mol. The van der Waals surface area contributed by atoms with Gasteiger partial charge in [-0.1, -0.05) is 70.7 Å². The summed E-state index contributed by atoms with van der Waals surface area (Å²) in [6.45, 7) is 5.54. The van der Waals surface area contributed by atoms with Gasteiger partial charge in [-0.25, -0.2) is 14.4 Å². The first-order chi connectivity index (χ1) is 28.5. The number of unbranched alkanes of at least 4 members (excludes halogenated alkanes) is 2. The number of fused-ring (bicyclic) bond motifs is 9. The van der Waals surface area contributed by atoms with Gasteiger partial charge in [0, 0.05) is 48.7 Å². The molecule has 0 spiro atoms. The number of halogens is 2. The van der Waals surface area contributed by atoms with E-state index in [1.165, 1.54) is 12.1 Å². The Hall–Kier alpha value is -6.11. The van der Waals surface area contributed by atoms with Crippen molar-refractivity contribution in [3.05, 3.63) is 149 Å². The average Bonchev–Trinajstić information content (AvgIpc) is 3.22. The third-order valence-corrected chi connectivity index (χ3v) is 10.5. The van der Waals surface area contributed by atoms with Gasteiger partial charge in [-0.2, -0.15) is 0 Å². The molecule has 0 atom stereocenters. The smallest absolute Gasteiger partial charge is 0.344 e. The SMILES string of the molecule is CCCCOc1ccc2c(c1)oc(=O)c1cc(Br)ccc12.CCCCOc1ccc2c(c1)oc(=O)c1cc(O)ccc12.O=c1oc2cc(O)ccc2c2ccc(Br)cc12. The van der Waals surface area contributed by atoms with Crippen molar-refractivity contribution in [1.82, 2.24) is 0 Å². The number of phenols is 2. The molecule has 0 aliphatic heterocycles. The molecule has 300 valence electrons. The molecular formula is C47H38Br2O10. The first-order valence-corrected chi connectivity index (χ1v) is 20.6. The molecule has 3 aromatic heterocycles. The molecule has 0 saturated heterocycles. The number of hydrogen-bond acceptors (Lipinski definition) is 10. The summed E-state index contributed by atoms with van der Waals surface area (Å²) in [4.78, 5) is 35.9. The van der Waals surface area contributed by atoms with Crippen LogP contribution < -0.4 is 26.4 Å². The Labute approximate surface area is 353 Å². The molecular weight excluding hydrogens is 884 g/mol. The van der Waals surface area contributed by atoms with Crippen LogP contribution >= 0.6 is 31.9 Å². The lowest BCUT2D eigenvalue weighted by molar-refractivity contribution is 0.309. The topological polar surface area (TPSA) is 150 Å². The van der Waals surface area contributed by atoms with Crippen molar-refractivity contribution in [1.29, 1.82) is 0 Å². The van der Waals surface area contributed by atoms with Crippen LogP contribution in [0.25, 0.3) is 65.2 Å². The van der Waals surface area contributed by atoms with E-state index in [1.807, 2.05) is 48.5 Å². The number of rotatable bonds is 8. The molecule has 0 aliphatic rings. The van der Waals surface area contributed by atoms with Gasteiger partial charge in [0.05, 0.1) is 29.4 Å². The Balaban J connectivity index is 0.000000135. The summed E-state index contributed by atoms with van der Waals surface area (Å²) >= 11 is 6.70. The second-order valence-corrected chi connectivity index (χ2v) is 15.5. The molecule has 12 heteroatoms. The molecule has 10 nitrogen and oxygen atoms in total. The highest BCUT2D eigenvalue weighted by molar-refractivity contribution is 9.10. The van der Waals surface area contributed by atoms with E-state index in [4.69, 9.17) is 22.7 Å². The Bertz CT molecular complexity index is 3020. The van der Waals surface area contributed by atoms with Gasteiger partial charge in [0.15, 0.2) is 0 Å². The maximum atomic E-state index is 12.1. The summed E-state index contributed by atoms with van der Waals surface area (Å²) in [6, 6.07) is 31.7. The van der Waals surface area contributed by atoms with Gasteiger partial charge in [-0.15, -0.1) is 0 Å². The molecule has 0 fully saturated rings. The van der Waals surface area contributed by atoms with Gasteiger partial charge in [0.1, 0.15) is 39.7 Å². The van der Waals surface area contributed by atoms with Crippen LogP contribution in [-0.2, 0) is 0 Å². The fourth-order valence-corrected chi connectivity index (χ4v) is 7.25. The largest absolute Gasteiger partial charge is 0.508 e. The molecule has 0 amide bonds. The first kappa shape index (κ1) is 41.1. The maximum Gasteiger partial charge on any atom is 0.344 e. The lowest BCUT2D eigenvalue weighted by Gasteiger charge is -2.07. The van der Waals surface area contributed by atoms with E-state index in [0.717, 1.165) is 72.7 Å². The lowest BCUT2D eigenvalue weighted by Crippen LogP contribution is -2.00. The van der Waals surface area contributed by atoms with Crippen molar-refractivity contribution in [2.24, 2.45) is 0 Å². The summed E-state index contributed by atoms with van der Waals surface area (Å²) in [5, 5.41) is 25.4. The number of benzene rings is 6. The van der Waals surface area contributed by atoms with Crippen LogP contribution in [0.2, 0.25) is 0 Å². The van der Waals surface area contributed by atoms with Gasteiger partial charge < -0.3 is 32.9 Å². The zero-order valence-corrected chi connectivity index (χ0v) is 35.2. The zero-order chi connectivity index (χ0) is 41.6. The third kappa shape index (κ3) is 9.29. The summed E-state index contributed by atoms with van der Waals surface area (Å²) < 4.78 is 28.9. The van der Waals surface area contributed by atoms with Crippen molar-refractivity contribution in [2.45, 2.75) is 39.5 Å². The minimum absolute atomic E-state index is 0.0497. The fourth-order valence-electron chi connectivity index (χ4n) is 6.53. The average molecular weight is 923 g/mol. The summed E-state index contributed by atoms with van der Waals surface area (Å²) in [5.74, 6) is 1.55. The van der Waals surface area contributed by atoms with Gasteiger partial charge in [0.25, 0.3) is 0 Å². The second kappa shape index (κ2) is 18.2. The van der Waals surface area contributed by atoms with E-state index >= 15 is 0 Å². The van der Waals surface area contributed by atoms with E-state index in [9.17, 15) is 24.6 Å². The van der Waals surface area contributed by atoms with Crippen LogP contribution in [0, 0.1) is 0 Å². The quantitative estimate of drug-likeness (QED) is 0.0856. The molecule has 9 rings (SSSR count). The summed E-state index contributed by atoms with van der Waals surface area (Å²) in [6.07, 6.45) is 4.14. The van der Waals surface area contributed by atoms with Crippen molar-refractivity contribution in [3.8, 4) is 23.0 Å². The summed E-state index contributed by atoms with van der Waals surface area (Å²) in [7, 11) is 0. The monoisotopic (exact) mass is 920 g/mol. The normalized spacial score (nSPS) is 11.1. The third-order valence-electron chi connectivity index (χ3n) is 9.51. The molecule has 0 saturated carbocycles. The number of ether oxygens (including phenoxy) is 2. The zero-order valence-electron chi connectivity index (χ0n) is 32.1. The standard InChI is InChI=1S/C17H15BrO3.C17H16O4.C13H7BrO3/c2*1-2-3-8-20-12-5-7-14-13-6-4-11(18)9-15(13)17(19)21-16(14)10-12;14-7-1-3-9-10-4-2-8(15)6-12(10)17-13(16)11(9)5-7/h4-7,9-10H,2-3,8H2,1H3;4-7,9-10,18H,2-3,8H2,1H3;1-6,15H. The number of hydrogen-bond donors (Lipinski definition) is 2. The molecule has 9 aromatic rings. The molecule has 2 N–H and O–H groups in total. The molecule has 0 unspecified atom stereocenters. The molecule has 0 bridgehead atoms. The molecule has 6 aromatic carbocycles. The first-order valence-electron chi connectivity index (χ1n) is 19.0. The lowest BCUT2D eigenvalue weighted by atomic mass is 10.1. The van der Waals surface area contributed by atoms with Crippen molar-refractivity contribution >= 4 is 97.1 Å². The van der Waals surface area contributed by atoms with Gasteiger partial charge >= 0.3 is 16.9 Å². The summed E-state index contributed by atoms with van der Waals surface area (Å²) in [5.41, 5.74) is 0.254. The molecule has 0 aliphatic carbocycles. The Kier molecular flexibility index (Phi) is 12.7. The number of phenolic OH excluding ortho intramolecular Hbond substituents is 2. The van der Waals surface area contributed by atoms with Crippen LogP contribution in [0.3, 0.4) is 0 Å². The van der Waals surface area contributed by atoms with Crippen LogP contribution in [0.1, 0.15) is 39.5 Å². The Morgan fingerprint density at radius 2 is 0.797 bits per heavy atom. The fraction of sp³-hybridized carbons (Fsp3) is 0.170. The number of aromatic hydroxyl groups is 2. The Morgan fingerprint density at radius 3 is 1.24 bits per heavy atom. The van der Waals surface area contributed by atoms with Gasteiger partial charge in [0.2, 0.25) is 0 Å². The van der Waals surface area contributed by atoms with Crippen molar-refractivity contribution in [3.63, 3.8) is 0 Å². The van der Waals surface area contributed by atoms with E-state index < -0.39 is 11.3 Å². The van der Waals surface area contributed by atoms with Gasteiger partial charge in [-0.3, -0.25) is 0 Å². The minimum atomic E-state index is -0.459. The van der Waals surface area contributed by atoms with E-state index in [0.29, 0.717) is 51.9 Å². The highest BCUT2D eigenvalue weighted by Gasteiger charge is 2.11. The van der Waals surface area contributed by atoms with Crippen LogP contribution in [0.4, 0.5) is 0 Å². The van der Waals surface area contributed by atoms with E-state index in [1.54, 1.807) is 48.5 Å². The maximum absolute atomic E-state index is 12.1. The van der Waals surface area contributed by atoms with Crippen LogP contribution in [0.15, 0.2) is 146 Å². The predicted octanol–water partition coefficient (Wildman–Crippen LogP) is 12.1.